The quantitative estimate of drug-likeness (QED) is 0.621. The Bertz CT molecular complexity index is 1090. The first-order valence-corrected chi connectivity index (χ1v) is 10.0. The lowest BCUT2D eigenvalue weighted by Gasteiger charge is -2.25. The van der Waals surface area contributed by atoms with Crippen LogP contribution in [-0.2, 0) is 6.54 Å². The first kappa shape index (κ1) is 21.1. The number of nitrogens with zero attached hydrogens (tertiary/aromatic N) is 5. The molecular formula is C22H27N5O4. The molecule has 0 bridgehead atoms. The van der Waals surface area contributed by atoms with Crippen molar-refractivity contribution < 1.29 is 19.7 Å². The molecule has 0 amide bonds. The van der Waals surface area contributed by atoms with Gasteiger partial charge in [-0.15, -0.1) is 0 Å². The van der Waals surface area contributed by atoms with Crippen LogP contribution in [0.4, 0.5) is 5.69 Å². The summed E-state index contributed by atoms with van der Waals surface area (Å²) in [7, 11) is 3.10. The molecule has 1 aliphatic rings. The normalized spacial score (nSPS) is 18.2. The van der Waals surface area contributed by atoms with Crippen molar-refractivity contribution in [2.45, 2.75) is 45.2 Å². The molecule has 3 aromatic heterocycles. The van der Waals surface area contributed by atoms with Crippen molar-refractivity contribution in [2.75, 3.05) is 19.1 Å². The zero-order valence-electron chi connectivity index (χ0n) is 18.3. The van der Waals surface area contributed by atoms with Gasteiger partial charge in [-0.05, 0) is 32.9 Å². The van der Waals surface area contributed by atoms with Gasteiger partial charge in [0.2, 0.25) is 0 Å². The molecule has 4 heterocycles. The van der Waals surface area contributed by atoms with Gasteiger partial charge in [0.05, 0.1) is 55.7 Å². The third-order valence-electron chi connectivity index (χ3n) is 5.31. The molecule has 0 radical (unpaired) electrons. The summed E-state index contributed by atoms with van der Waals surface area (Å²) in [6.07, 6.45) is 4.36. The molecule has 1 aliphatic heterocycles. The van der Waals surface area contributed by atoms with E-state index in [1.165, 1.54) is 0 Å². The van der Waals surface area contributed by atoms with Gasteiger partial charge < -0.3 is 24.6 Å². The second kappa shape index (κ2) is 7.82. The van der Waals surface area contributed by atoms with Crippen molar-refractivity contribution in [3.05, 3.63) is 48.0 Å². The largest absolute Gasteiger partial charge is 0.491 e. The number of aliphatic hydroxyl groups excluding tert-OH is 1. The summed E-state index contributed by atoms with van der Waals surface area (Å²) in [4.78, 5) is 11.0. The van der Waals surface area contributed by atoms with E-state index in [0.717, 1.165) is 28.2 Å². The molecule has 0 aromatic carbocycles. The molecule has 2 N–H and O–H groups in total. The van der Waals surface area contributed by atoms with Crippen LogP contribution in [0.25, 0.3) is 11.3 Å². The Balaban J connectivity index is 1.65. The van der Waals surface area contributed by atoms with Crippen LogP contribution in [0.2, 0.25) is 0 Å². The number of anilines is 1. The third kappa shape index (κ3) is 3.94. The molecule has 3 aromatic rings. The van der Waals surface area contributed by atoms with E-state index in [1.807, 2.05) is 36.2 Å². The molecule has 9 nitrogen and oxygen atoms in total. The van der Waals surface area contributed by atoms with Gasteiger partial charge >= 0.3 is 0 Å². The second-order valence-electron chi connectivity index (χ2n) is 8.27. The van der Waals surface area contributed by atoms with Gasteiger partial charge in [-0.2, -0.15) is 5.10 Å². The number of aliphatic hydroxyl groups is 2. The van der Waals surface area contributed by atoms with Gasteiger partial charge in [-0.1, -0.05) is 6.07 Å². The van der Waals surface area contributed by atoms with Gasteiger partial charge in [0.1, 0.15) is 0 Å². The average molecular weight is 425 g/mol. The maximum absolute atomic E-state index is 11.0. The van der Waals surface area contributed by atoms with Crippen molar-refractivity contribution in [3.63, 3.8) is 0 Å². The van der Waals surface area contributed by atoms with Crippen LogP contribution >= 0.6 is 0 Å². The molecule has 0 fully saturated rings. The molecule has 0 saturated carbocycles. The minimum atomic E-state index is -0.884. The van der Waals surface area contributed by atoms with E-state index < -0.39 is 11.8 Å². The van der Waals surface area contributed by atoms with Crippen molar-refractivity contribution in [1.82, 2.24) is 19.7 Å². The molecule has 9 heteroatoms. The lowest BCUT2D eigenvalue weighted by molar-refractivity contribution is 0.0577. The summed E-state index contributed by atoms with van der Waals surface area (Å²) in [6.45, 7) is 5.80. The van der Waals surface area contributed by atoms with Crippen LogP contribution in [0.5, 0.6) is 11.6 Å². The molecule has 0 spiro atoms. The smallest absolute Gasteiger partial charge is 0.256 e. The van der Waals surface area contributed by atoms with E-state index in [2.05, 4.69) is 10.1 Å². The van der Waals surface area contributed by atoms with E-state index in [4.69, 9.17) is 14.5 Å². The maximum atomic E-state index is 11.0. The Hall–Kier alpha value is -3.17. The van der Waals surface area contributed by atoms with E-state index in [-0.39, 0.29) is 6.04 Å². The van der Waals surface area contributed by atoms with Crippen molar-refractivity contribution >= 4 is 5.69 Å². The highest BCUT2D eigenvalue weighted by atomic mass is 16.5. The third-order valence-corrected chi connectivity index (χ3v) is 5.31. The fraction of sp³-hybridized carbons (Fsp3) is 0.409. The zero-order valence-corrected chi connectivity index (χ0v) is 18.3. The fourth-order valence-electron chi connectivity index (χ4n) is 3.90. The minimum Gasteiger partial charge on any atom is -0.491 e. The highest BCUT2D eigenvalue weighted by Gasteiger charge is 2.37. The Labute approximate surface area is 180 Å². The zero-order chi connectivity index (χ0) is 22.3. The lowest BCUT2D eigenvalue weighted by atomic mass is 10.1. The maximum Gasteiger partial charge on any atom is 0.256 e. The van der Waals surface area contributed by atoms with Gasteiger partial charge in [0.15, 0.2) is 12.0 Å². The number of methoxy groups -OCH3 is 2. The SMILES string of the molecule is COc1cc(-c2ccc3c(n2)[C@@H](C)N(c2cnn(CC(C)(C)O)c2)C3O)cnc1OC. The van der Waals surface area contributed by atoms with Crippen molar-refractivity contribution in [2.24, 2.45) is 0 Å². The summed E-state index contributed by atoms with van der Waals surface area (Å²) >= 11 is 0. The van der Waals surface area contributed by atoms with Gasteiger partial charge in [-0.25, -0.2) is 4.98 Å². The standard InChI is InChI=1S/C22H27N5O4/c1-13-19-16(21(28)27(13)15-10-24-26(11-15)12-22(2,3)29)6-7-17(25-19)14-8-18(30-4)20(31-5)23-9-14/h6-11,13,21,28-29H,12H2,1-5H3/t13-,21?/m1/s1. The Kier molecular flexibility index (Phi) is 5.32. The van der Waals surface area contributed by atoms with Crippen molar-refractivity contribution in [3.8, 4) is 22.9 Å². The molecule has 4 rings (SSSR count). The molecule has 1 unspecified atom stereocenters. The van der Waals surface area contributed by atoms with Gasteiger partial charge in [0, 0.05) is 23.5 Å². The van der Waals surface area contributed by atoms with Gasteiger partial charge in [0.25, 0.3) is 5.88 Å². The van der Waals surface area contributed by atoms with Crippen molar-refractivity contribution in [1.29, 1.82) is 0 Å². The average Bonchev–Trinajstić information content (AvgIpc) is 3.27. The number of fused-ring (bicyclic) bond motifs is 1. The monoisotopic (exact) mass is 425 g/mol. The predicted octanol–water partition coefficient (Wildman–Crippen LogP) is 2.70. The van der Waals surface area contributed by atoms with Crippen LogP contribution in [0.15, 0.2) is 36.8 Å². The minimum absolute atomic E-state index is 0.169. The number of pyridine rings is 2. The fourth-order valence-corrected chi connectivity index (χ4v) is 3.90. The van der Waals surface area contributed by atoms with Crippen LogP contribution < -0.4 is 14.4 Å². The van der Waals surface area contributed by atoms with Gasteiger partial charge in [-0.3, -0.25) is 9.67 Å². The number of hydrogen-bond acceptors (Lipinski definition) is 8. The summed E-state index contributed by atoms with van der Waals surface area (Å²) in [6, 6.07) is 5.41. The van der Waals surface area contributed by atoms with Crippen LogP contribution in [0.1, 0.15) is 44.3 Å². The molecule has 0 saturated heterocycles. The van der Waals surface area contributed by atoms with E-state index in [9.17, 15) is 10.2 Å². The van der Waals surface area contributed by atoms with Crippen LogP contribution in [-0.4, -0.2) is 49.8 Å². The molecular weight excluding hydrogens is 398 g/mol. The van der Waals surface area contributed by atoms with Crippen LogP contribution in [0, 0.1) is 0 Å². The van der Waals surface area contributed by atoms with E-state index in [1.54, 1.807) is 45.1 Å². The predicted molar refractivity (Wildman–Crippen MR) is 115 cm³/mol. The van der Waals surface area contributed by atoms with E-state index in [0.29, 0.717) is 18.2 Å². The molecule has 0 aliphatic carbocycles. The molecule has 2 atom stereocenters. The Morgan fingerprint density at radius 1 is 1.16 bits per heavy atom. The first-order valence-electron chi connectivity index (χ1n) is 10.0. The topological polar surface area (TPSA) is 106 Å². The van der Waals surface area contributed by atoms with E-state index >= 15 is 0 Å². The Morgan fingerprint density at radius 2 is 1.94 bits per heavy atom. The number of hydrogen-bond donors (Lipinski definition) is 2. The van der Waals surface area contributed by atoms with Crippen LogP contribution in [0.3, 0.4) is 0 Å². The number of ether oxygens (including phenoxy) is 2. The lowest BCUT2D eigenvalue weighted by Crippen LogP contribution is -2.26. The number of aromatic nitrogens is 4. The second-order valence-corrected chi connectivity index (χ2v) is 8.27. The molecule has 31 heavy (non-hydrogen) atoms. The highest BCUT2D eigenvalue weighted by molar-refractivity contribution is 5.64. The molecule has 164 valence electrons. The summed E-state index contributed by atoms with van der Waals surface area (Å²) in [5.41, 5.74) is 2.93. The Morgan fingerprint density at radius 3 is 2.61 bits per heavy atom. The highest BCUT2D eigenvalue weighted by Crippen LogP contribution is 2.43. The first-order chi connectivity index (χ1) is 14.7. The number of rotatable bonds is 6. The summed E-state index contributed by atoms with van der Waals surface area (Å²) in [5, 5.41) is 25.3. The summed E-state index contributed by atoms with van der Waals surface area (Å²) in [5.74, 6) is 0.932. The summed E-state index contributed by atoms with van der Waals surface area (Å²) < 4.78 is 12.2.